The van der Waals surface area contributed by atoms with Gasteiger partial charge in [-0.2, -0.15) is 0 Å². The van der Waals surface area contributed by atoms with Crippen molar-refractivity contribution in [2.45, 2.75) is 49.7 Å². The molecule has 0 aliphatic heterocycles. The molecule has 9 heteroatoms. The molecule has 1 heterocycles. The van der Waals surface area contributed by atoms with Crippen LogP contribution >= 0.6 is 11.8 Å². The molecule has 1 aliphatic rings. The van der Waals surface area contributed by atoms with Crippen LogP contribution in [0.4, 0.5) is 0 Å². The van der Waals surface area contributed by atoms with Gasteiger partial charge in [-0.3, -0.25) is 4.79 Å². The third-order valence-corrected chi connectivity index (χ3v) is 8.14. The molecule has 3 aromatic rings. The van der Waals surface area contributed by atoms with Crippen LogP contribution in [0.5, 0.6) is 17.2 Å². The molecule has 0 radical (unpaired) electrons. The Hall–Kier alpha value is -3.20. The highest BCUT2D eigenvalue weighted by atomic mass is 32.2. The molecule has 4 rings (SSSR count). The van der Waals surface area contributed by atoms with Gasteiger partial charge >= 0.3 is 0 Å². The van der Waals surface area contributed by atoms with E-state index < -0.39 is 6.04 Å². The largest absolute Gasteiger partial charge is 0.493 e. The Labute approximate surface area is 223 Å². The maximum absolute atomic E-state index is 13.6. The van der Waals surface area contributed by atoms with Crippen LogP contribution in [0.25, 0.3) is 0 Å². The maximum Gasteiger partial charge on any atom is 0.255 e. The minimum absolute atomic E-state index is 0.293. The topological polar surface area (TPSA) is 87.5 Å². The van der Waals surface area contributed by atoms with Gasteiger partial charge < -0.3 is 24.1 Å². The van der Waals surface area contributed by atoms with Crippen molar-refractivity contribution >= 4 is 17.7 Å². The van der Waals surface area contributed by atoms with Crippen molar-refractivity contribution in [3.63, 3.8) is 0 Å². The van der Waals surface area contributed by atoms with Gasteiger partial charge in [0.2, 0.25) is 5.75 Å². The van der Waals surface area contributed by atoms with Crippen molar-refractivity contribution in [3.8, 4) is 17.2 Å². The molecule has 8 nitrogen and oxygen atoms in total. The number of rotatable bonds is 11. The van der Waals surface area contributed by atoms with Gasteiger partial charge in [-0.25, -0.2) is 0 Å². The third kappa shape index (κ3) is 6.39. The molecule has 1 atom stereocenters. The summed E-state index contributed by atoms with van der Waals surface area (Å²) in [7, 11) is 6.55. The second-order valence-electron chi connectivity index (χ2n) is 9.31. The highest BCUT2D eigenvalue weighted by Crippen LogP contribution is 2.40. The number of amides is 1. The molecule has 1 N–H and O–H groups in total. The number of carbonyl (C=O) groups is 1. The van der Waals surface area contributed by atoms with Gasteiger partial charge in [0.25, 0.3) is 5.91 Å². The van der Waals surface area contributed by atoms with Gasteiger partial charge in [0.15, 0.2) is 22.5 Å². The number of ether oxygens (including phenoxy) is 3. The quantitative estimate of drug-likeness (QED) is 0.344. The molecular weight excluding hydrogens is 488 g/mol. The standard InChI is InChI=1S/C28H36N4O4S/c1-32-26(30-31-28(32)37-18-20-13-9-6-10-14-20)22(17-19-11-7-5-8-12-19)29-27(33)21-15-16-23(34-2)25(36-4)24(21)35-3/h5,7-8,11-12,15-16,20,22H,6,9-10,13-14,17-18H2,1-4H3,(H,29,33). The fourth-order valence-electron chi connectivity index (χ4n) is 4.87. The highest BCUT2D eigenvalue weighted by molar-refractivity contribution is 7.99. The lowest BCUT2D eigenvalue weighted by atomic mass is 9.91. The predicted octanol–water partition coefficient (Wildman–Crippen LogP) is 5.23. The average Bonchev–Trinajstić information content (AvgIpc) is 3.31. The number of aromatic nitrogens is 3. The van der Waals surface area contributed by atoms with Gasteiger partial charge in [0.05, 0.1) is 32.9 Å². The second kappa shape index (κ2) is 12.9. The number of hydrogen-bond acceptors (Lipinski definition) is 7. The molecule has 37 heavy (non-hydrogen) atoms. The van der Waals surface area contributed by atoms with Crippen LogP contribution in [-0.4, -0.2) is 47.8 Å². The summed E-state index contributed by atoms with van der Waals surface area (Å²) in [5, 5.41) is 13.1. The number of benzene rings is 2. The highest BCUT2D eigenvalue weighted by Gasteiger charge is 2.27. The molecule has 0 spiro atoms. The summed E-state index contributed by atoms with van der Waals surface area (Å²) in [6, 6.07) is 13.0. The van der Waals surface area contributed by atoms with E-state index in [2.05, 4.69) is 15.5 Å². The molecule has 1 aliphatic carbocycles. The van der Waals surface area contributed by atoms with Gasteiger partial charge in [-0.15, -0.1) is 10.2 Å². The first-order valence-electron chi connectivity index (χ1n) is 12.7. The Morgan fingerprint density at radius 1 is 1.00 bits per heavy atom. The van der Waals surface area contributed by atoms with Crippen molar-refractivity contribution in [2.24, 2.45) is 13.0 Å². The van der Waals surface area contributed by atoms with Gasteiger partial charge in [-0.05, 0) is 42.9 Å². The number of methoxy groups -OCH3 is 3. The van der Waals surface area contributed by atoms with Crippen molar-refractivity contribution < 1.29 is 19.0 Å². The summed E-state index contributed by atoms with van der Waals surface area (Å²) in [6.07, 6.45) is 7.14. The van der Waals surface area contributed by atoms with E-state index in [-0.39, 0.29) is 5.91 Å². The molecule has 1 fully saturated rings. The Balaban J connectivity index is 1.59. The van der Waals surface area contributed by atoms with E-state index in [1.807, 2.05) is 41.9 Å². The smallest absolute Gasteiger partial charge is 0.255 e. The average molecular weight is 525 g/mol. The summed E-state index contributed by atoms with van der Waals surface area (Å²) in [5.41, 5.74) is 1.44. The lowest BCUT2D eigenvalue weighted by Crippen LogP contribution is -2.32. The number of nitrogens with zero attached hydrogens (tertiary/aromatic N) is 3. The molecule has 0 bridgehead atoms. The van der Waals surface area contributed by atoms with Crippen molar-refractivity contribution in [2.75, 3.05) is 27.1 Å². The number of hydrogen-bond donors (Lipinski definition) is 1. The Morgan fingerprint density at radius 3 is 2.41 bits per heavy atom. The zero-order valence-corrected chi connectivity index (χ0v) is 22.8. The van der Waals surface area contributed by atoms with Crippen molar-refractivity contribution in [1.29, 1.82) is 0 Å². The molecular formula is C28H36N4O4S. The SMILES string of the molecule is COc1ccc(C(=O)NC(Cc2ccccc2)c2nnc(SCC3CCCCC3)n2C)c(OC)c1OC. The van der Waals surface area contributed by atoms with Crippen LogP contribution in [0.2, 0.25) is 0 Å². The van der Waals surface area contributed by atoms with E-state index in [1.165, 1.54) is 46.3 Å². The van der Waals surface area contributed by atoms with Crippen LogP contribution < -0.4 is 19.5 Å². The van der Waals surface area contributed by atoms with E-state index in [0.29, 0.717) is 35.1 Å². The normalized spacial score (nSPS) is 14.7. The van der Waals surface area contributed by atoms with Crippen molar-refractivity contribution in [3.05, 3.63) is 59.4 Å². The first kappa shape index (κ1) is 26.9. The van der Waals surface area contributed by atoms with Crippen LogP contribution in [0, 0.1) is 5.92 Å². The molecule has 1 unspecified atom stereocenters. The maximum atomic E-state index is 13.6. The lowest BCUT2D eigenvalue weighted by molar-refractivity contribution is 0.0930. The first-order chi connectivity index (χ1) is 18.0. The van der Waals surface area contributed by atoms with E-state index >= 15 is 0 Å². The first-order valence-corrected chi connectivity index (χ1v) is 13.7. The number of thioether (sulfide) groups is 1. The van der Waals surface area contributed by atoms with Crippen LogP contribution in [0.3, 0.4) is 0 Å². The number of nitrogens with one attached hydrogen (secondary N) is 1. The van der Waals surface area contributed by atoms with E-state index in [9.17, 15) is 4.79 Å². The monoisotopic (exact) mass is 524 g/mol. The van der Waals surface area contributed by atoms with Crippen LogP contribution in [0.1, 0.15) is 59.9 Å². The van der Waals surface area contributed by atoms with Gasteiger partial charge in [0.1, 0.15) is 0 Å². The molecule has 1 amide bonds. The van der Waals surface area contributed by atoms with E-state index in [4.69, 9.17) is 14.2 Å². The van der Waals surface area contributed by atoms with Crippen LogP contribution in [-0.2, 0) is 13.5 Å². The molecule has 198 valence electrons. The molecule has 1 saturated carbocycles. The van der Waals surface area contributed by atoms with E-state index in [1.54, 1.807) is 31.0 Å². The summed E-state index contributed by atoms with van der Waals surface area (Å²) < 4.78 is 18.4. The second-order valence-corrected chi connectivity index (χ2v) is 10.3. The zero-order valence-electron chi connectivity index (χ0n) is 22.0. The minimum atomic E-state index is -0.394. The molecule has 0 saturated heterocycles. The Kier molecular flexibility index (Phi) is 9.33. The Morgan fingerprint density at radius 2 is 1.73 bits per heavy atom. The fourth-order valence-corrected chi connectivity index (χ4v) is 5.98. The molecule has 2 aromatic carbocycles. The third-order valence-electron chi connectivity index (χ3n) is 6.89. The fraction of sp³-hybridized carbons (Fsp3) is 0.464. The summed E-state index contributed by atoms with van der Waals surface area (Å²) >= 11 is 1.75. The Bertz CT molecular complexity index is 1180. The van der Waals surface area contributed by atoms with Gasteiger partial charge in [-0.1, -0.05) is 61.4 Å². The zero-order chi connectivity index (χ0) is 26.2. The van der Waals surface area contributed by atoms with Gasteiger partial charge in [0, 0.05) is 12.8 Å². The van der Waals surface area contributed by atoms with Crippen LogP contribution in [0.15, 0.2) is 47.6 Å². The summed E-state index contributed by atoms with van der Waals surface area (Å²) in [5.74, 6) is 3.38. The minimum Gasteiger partial charge on any atom is -0.493 e. The number of carbonyl (C=O) groups excluding carboxylic acids is 1. The van der Waals surface area contributed by atoms with E-state index in [0.717, 1.165) is 22.4 Å². The lowest BCUT2D eigenvalue weighted by Gasteiger charge is -2.21. The molecule has 1 aromatic heterocycles. The summed E-state index contributed by atoms with van der Waals surface area (Å²) in [6.45, 7) is 0. The summed E-state index contributed by atoms with van der Waals surface area (Å²) in [4.78, 5) is 13.6. The van der Waals surface area contributed by atoms with Crippen molar-refractivity contribution in [1.82, 2.24) is 20.1 Å². The predicted molar refractivity (Wildman–Crippen MR) is 145 cm³/mol.